The Balaban J connectivity index is 2.00. The van der Waals surface area contributed by atoms with Crippen molar-refractivity contribution in [1.82, 2.24) is 14.7 Å². The summed E-state index contributed by atoms with van der Waals surface area (Å²) in [6, 6.07) is 6.54. The number of carbonyl (C=O) groups is 2. The van der Waals surface area contributed by atoms with Crippen LogP contribution in [0.1, 0.15) is 25.5 Å². The van der Waals surface area contributed by atoms with Gasteiger partial charge in [0, 0.05) is 18.8 Å². The van der Waals surface area contributed by atoms with E-state index >= 15 is 0 Å². The fourth-order valence-corrected chi connectivity index (χ4v) is 3.60. The van der Waals surface area contributed by atoms with Crippen molar-refractivity contribution in [3.63, 3.8) is 0 Å². The Bertz CT molecular complexity index is 941. The van der Waals surface area contributed by atoms with Gasteiger partial charge in [-0.3, -0.25) is 9.59 Å². The number of aliphatic imine (C=N–C) groups is 1. The lowest BCUT2D eigenvalue weighted by molar-refractivity contribution is -0.149. The number of carbonyl (C=O) groups excluding carboxylic acids is 2. The van der Waals surface area contributed by atoms with E-state index in [-0.39, 0.29) is 19.1 Å². The van der Waals surface area contributed by atoms with Crippen LogP contribution in [0.25, 0.3) is 0 Å². The highest BCUT2D eigenvalue weighted by atomic mass is 35.5. The van der Waals surface area contributed by atoms with Crippen molar-refractivity contribution in [2.45, 2.75) is 19.9 Å². The largest absolute Gasteiger partial charge is 0.465 e. The van der Waals surface area contributed by atoms with Gasteiger partial charge in [-0.15, -0.1) is 0 Å². The number of esters is 1. The Kier molecular flexibility index (Phi) is 6.05. The third-order valence-electron chi connectivity index (χ3n) is 4.57. The summed E-state index contributed by atoms with van der Waals surface area (Å²) in [6.45, 7) is 3.63. The lowest BCUT2D eigenvalue weighted by atomic mass is 9.87. The molecule has 2 aromatic rings. The van der Waals surface area contributed by atoms with E-state index in [0.29, 0.717) is 21.6 Å². The van der Waals surface area contributed by atoms with Gasteiger partial charge in [0.2, 0.25) is 5.91 Å². The summed E-state index contributed by atoms with van der Waals surface area (Å²) >= 11 is 12.3. The minimum Gasteiger partial charge on any atom is -0.465 e. The third kappa shape index (κ3) is 3.91. The maximum atomic E-state index is 13.3. The summed E-state index contributed by atoms with van der Waals surface area (Å²) in [5.41, 5.74) is 1.40. The van der Waals surface area contributed by atoms with Crippen molar-refractivity contribution in [2.24, 2.45) is 10.9 Å². The predicted molar refractivity (Wildman–Crippen MR) is 107 cm³/mol. The average molecular weight is 423 g/mol. The zero-order valence-corrected chi connectivity index (χ0v) is 17.2. The van der Waals surface area contributed by atoms with Crippen molar-refractivity contribution in [3.8, 4) is 0 Å². The minimum absolute atomic E-state index is 0.142. The number of amides is 1. The molecule has 7 nitrogen and oxygen atoms in total. The van der Waals surface area contributed by atoms with Crippen LogP contribution >= 0.6 is 23.2 Å². The maximum Gasteiger partial charge on any atom is 0.325 e. The molecule has 1 aromatic heterocycles. The van der Waals surface area contributed by atoms with Gasteiger partial charge < -0.3 is 9.64 Å². The maximum absolute atomic E-state index is 13.3. The van der Waals surface area contributed by atoms with Gasteiger partial charge in [0.1, 0.15) is 12.5 Å². The third-order valence-corrected chi connectivity index (χ3v) is 5.31. The summed E-state index contributed by atoms with van der Waals surface area (Å²) in [5.74, 6) is -0.726. The first-order valence-corrected chi connectivity index (χ1v) is 9.53. The summed E-state index contributed by atoms with van der Waals surface area (Å²) < 4.78 is 6.64. The van der Waals surface area contributed by atoms with E-state index < -0.39 is 17.9 Å². The van der Waals surface area contributed by atoms with E-state index in [0.717, 1.165) is 5.56 Å². The number of fused-ring (bicyclic) bond motifs is 1. The Morgan fingerprint density at radius 2 is 2.00 bits per heavy atom. The van der Waals surface area contributed by atoms with Crippen LogP contribution in [0, 0.1) is 5.92 Å². The van der Waals surface area contributed by atoms with Crippen molar-refractivity contribution < 1.29 is 14.3 Å². The van der Waals surface area contributed by atoms with E-state index in [9.17, 15) is 9.59 Å². The number of hydrogen-bond donors (Lipinski definition) is 0. The second kappa shape index (κ2) is 8.32. The Hall–Kier alpha value is -2.38. The second-order valence-corrected chi connectivity index (χ2v) is 7.30. The van der Waals surface area contributed by atoms with Gasteiger partial charge in [-0.1, -0.05) is 29.3 Å². The van der Waals surface area contributed by atoms with Crippen molar-refractivity contribution in [3.05, 3.63) is 46.1 Å². The molecule has 148 valence electrons. The molecule has 1 aromatic carbocycles. The summed E-state index contributed by atoms with van der Waals surface area (Å²) in [5, 5.41) is 5.17. The number of halogens is 2. The molecule has 0 bridgehead atoms. The van der Waals surface area contributed by atoms with E-state index in [1.165, 1.54) is 4.90 Å². The van der Waals surface area contributed by atoms with Crippen LogP contribution < -0.4 is 0 Å². The van der Waals surface area contributed by atoms with Crippen LogP contribution in [-0.2, 0) is 14.3 Å². The SMILES string of the molecule is CCOC(=O)CN(C)C(=O)C1C(C)=Nc2ccnn2C1c1ccc(Cl)c(Cl)c1. The average Bonchev–Trinajstić information content (AvgIpc) is 3.10. The molecular formula is C19H20Cl2N4O3. The van der Waals surface area contributed by atoms with Gasteiger partial charge in [0.05, 0.1) is 28.9 Å². The van der Waals surface area contributed by atoms with E-state index in [1.807, 2.05) is 6.07 Å². The normalized spacial score (nSPS) is 18.2. The topological polar surface area (TPSA) is 76.8 Å². The van der Waals surface area contributed by atoms with Gasteiger partial charge in [-0.05, 0) is 31.5 Å². The fraction of sp³-hybridized carbons (Fsp3) is 0.368. The number of benzene rings is 1. The monoisotopic (exact) mass is 422 g/mol. The zero-order valence-electron chi connectivity index (χ0n) is 15.7. The number of aromatic nitrogens is 2. The lowest BCUT2D eigenvalue weighted by Gasteiger charge is -2.33. The molecule has 9 heteroatoms. The minimum atomic E-state index is -0.649. The number of rotatable bonds is 5. The Morgan fingerprint density at radius 1 is 1.25 bits per heavy atom. The van der Waals surface area contributed by atoms with Crippen LogP contribution in [-0.4, -0.2) is 52.5 Å². The molecule has 1 aliphatic rings. The number of likely N-dealkylation sites (N-methyl/N-ethyl adjacent to an activating group) is 1. The molecule has 0 saturated carbocycles. The standard InChI is InChI=1S/C19H20Cl2N4O3/c1-4-28-16(26)10-24(3)19(27)17-11(2)23-15-7-8-22-25(15)18(17)12-5-6-13(20)14(21)9-12/h5-9,17-18H,4,10H2,1-3H3. The lowest BCUT2D eigenvalue weighted by Crippen LogP contribution is -2.44. The highest BCUT2D eigenvalue weighted by molar-refractivity contribution is 6.42. The van der Waals surface area contributed by atoms with Gasteiger partial charge in [0.25, 0.3) is 0 Å². The summed E-state index contributed by atoms with van der Waals surface area (Å²) in [4.78, 5) is 30.9. The molecule has 0 saturated heterocycles. The van der Waals surface area contributed by atoms with Gasteiger partial charge in [-0.2, -0.15) is 5.10 Å². The first kappa shape index (κ1) is 20.4. The van der Waals surface area contributed by atoms with Crippen LogP contribution in [0.5, 0.6) is 0 Å². The highest BCUT2D eigenvalue weighted by Crippen LogP contribution is 2.38. The van der Waals surface area contributed by atoms with Crippen molar-refractivity contribution in [2.75, 3.05) is 20.2 Å². The Labute approximate surface area is 172 Å². The molecule has 0 radical (unpaired) electrons. The fourth-order valence-electron chi connectivity index (χ4n) is 3.29. The first-order chi connectivity index (χ1) is 13.3. The molecule has 2 unspecified atom stereocenters. The molecule has 1 amide bonds. The molecule has 0 spiro atoms. The molecule has 2 atom stereocenters. The zero-order chi connectivity index (χ0) is 20.4. The molecule has 2 heterocycles. The smallest absolute Gasteiger partial charge is 0.325 e. The van der Waals surface area contributed by atoms with Gasteiger partial charge in [-0.25, -0.2) is 9.67 Å². The second-order valence-electron chi connectivity index (χ2n) is 6.48. The molecular weight excluding hydrogens is 403 g/mol. The highest BCUT2D eigenvalue weighted by Gasteiger charge is 2.40. The van der Waals surface area contributed by atoms with Crippen molar-refractivity contribution in [1.29, 1.82) is 0 Å². The summed E-state index contributed by atoms with van der Waals surface area (Å²) in [7, 11) is 1.57. The van der Waals surface area contributed by atoms with Gasteiger partial charge in [0.15, 0.2) is 5.82 Å². The molecule has 0 aliphatic carbocycles. The quantitative estimate of drug-likeness (QED) is 0.690. The van der Waals surface area contributed by atoms with Crippen LogP contribution in [0.3, 0.4) is 0 Å². The first-order valence-electron chi connectivity index (χ1n) is 8.77. The molecule has 0 fully saturated rings. The molecule has 3 rings (SSSR count). The predicted octanol–water partition coefficient (Wildman–Crippen LogP) is 3.52. The number of nitrogens with zero attached hydrogens (tertiary/aromatic N) is 4. The molecule has 28 heavy (non-hydrogen) atoms. The molecule has 0 N–H and O–H groups in total. The van der Waals surface area contributed by atoms with E-state index in [2.05, 4.69) is 10.1 Å². The van der Waals surface area contributed by atoms with E-state index in [1.54, 1.807) is 50.0 Å². The summed E-state index contributed by atoms with van der Waals surface area (Å²) in [6.07, 6.45) is 1.63. The number of ether oxygens (including phenoxy) is 1. The van der Waals surface area contributed by atoms with Crippen LogP contribution in [0.2, 0.25) is 10.0 Å². The Morgan fingerprint density at radius 3 is 2.68 bits per heavy atom. The van der Waals surface area contributed by atoms with E-state index in [4.69, 9.17) is 27.9 Å². The molecule has 1 aliphatic heterocycles. The van der Waals surface area contributed by atoms with Crippen molar-refractivity contribution >= 4 is 46.6 Å². The van der Waals surface area contributed by atoms with Crippen LogP contribution in [0.4, 0.5) is 5.82 Å². The van der Waals surface area contributed by atoms with Gasteiger partial charge >= 0.3 is 5.97 Å². The number of hydrogen-bond acceptors (Lipinski definition) is 5. The van der Waals surface area contributed by atoms with Crippen LogP contribution in [0.15, 0.2) is 35.5 Å².